The molecule has 0 radical (unpaired) electrons. The third kappa shape index (κ3) is 4.84. The fourth-order valence-electron chi connectivity index (χ4n) is 7.01. The number of hydrogen-bond acceptors (Lipinski definition) is 6. The second-order valence-corrected chi connectivity index (χ2v) is 11.6. The van der Waals surface area contributed by atoms with E-state index in [2.05, 4.69) is 53.3 Å². The summed E-state index contributed by atoms with van der Waals surface area (Å²) >= 11 is 0. The second-order valence-electron chi connectivity index (χ2n) is 11.6. The molecule has 2 aromatic rings. The first-order valence-electron chi connectivity index (χ1n) is 14.1. The lowest BCUT2D eigenvalue weighted by atomic mass is 9.77. The van der Waals surface area contributed by atoms with Gasteiger partial charge in [0.25, 0.3) is 0 Å². The number of pyridine rings is 1. The van der Waals surface area contributed by atoms with Crippen LogP contribution in [0.1, 0.15) is 64.4 Å². The lowest BCUT2D eigenvalue weighted by molar-refractivity contribution is -0.124. The Morgan fingerprint density at radius 2 is 1.95 bits per heavy atom. The molecule has 2 saturated carbocycles. The van der Waals surface area contributed by atoms with Gasteiger partial charge >= 0.3 is 0 Å². The minimum Gasteiger partial charge on any atom is -0.381 e. The highest BCUT2D eigenvalue weighted by atomic mass is 16.5. The summed E-state index contributed by atoms with van der Waals surface area (Å²) in [6.07, 6.45) is 9.85. The van der Waals surface area contributed by atoms with E-state index in [1.54, 1.807) is 0 Å². The van der Waals surface area contributed by atoms with Crippen molar-refractivity contribution in [2.24, 2.45) is 11.8 Å². The highest BCUT2D eigenvalue weighted by Crippen LogP contribution is 2.43. The van der Waals surface area contributed by atoms with Gasteiger partial charge in [0.2, 0.25) is 5.91 Å². The Kier molecular flexibility index (Phi) is 6.84. The van der Waals surface area contributed by atoms with E-state index in [0.717, 1.165) is 61.4 Å². The summed E-state index contributed by atoms with van der Waals surface area (Å²) in [4.78, 5) is 23.3. The smallest absolute Gasteiger partial charge is 0.230 e. The van der Waals surface area contributed by atoms with E-state index in [0.29, 0.717) is 24.6 Å². The Morgan fingerprint density at radius 1 is 1.11 bits per heavy atom. The number of anilines is 4. The van der Waals surface area contributed by atoms with Crippen molar-refractivity contribution >= 4 is 28.8 Å². The molecule has 1 amide bonds. The summed E-state index contributed by atoms with van der Waals surface area (Å²) < 4.78 is 11.8. The number of piperidine rings is 2. The Labute approximate surface area is 220 Å². The Bertz CT molecular complexity index is 1130. The monoisotopic (exact) mass is 504 g/mol. The number of amides is 1. The van der Waals surface area contributed by atoms with Crippen LogP contribution in [0.25, 0.3) is 0 Å². The van der Waals surface area contributed by atoms with E-state index < -0.39 is 0 Å². The van der Waals surface area contributed by atoms with Crippen molar-refractivity contribution in [2.45, 2.75) is 89.7 Å². The van der Waals surface area contributed by atoms with Gasteiger partial charge in [-0.15, -0.1) is 0 Å². The number of fused-ring (bicyclic) bond motifs is 5. The summed E-state index contributed by atoms with van der Waals surface area (Å²) in [6.45, 7) is 5.73. The number of ether oxygens (including phenoxy) is 2. The van der Waals surface area contributed by atoms with Gasteiger partial charge in [0, 0.05) is 49.0 Å². The van der Waals surface area contributed by atoms with Gasteiger partial charge in [-0.3, -0.25) is 4.79 Å². The predicted octanol–water partition coefficient (Wildman–Crippen LogP) is 5.66. The van der Waals surface area contributed by atoms with E-state index >= 15 is 0 Å². The Hall–Kier alpha value is -2.64. The molecule has 5 aliphatic rings. The van der Waals surface area contributed by atoms with Crippen molar-refractivity contribution in [3.8, 4) is 0 Å². The van der Waals surface area contributed by atoms with E-state index in [4.69, 9.17) is 9.47 Å². The molecule has 7 nitrogen and oxygen atoms in total. The zero-order valence-corrected chi connectivity index (χ0v) is 22.4. The molecular formula is C30H40N4O3. The molecule has 2 saturated heterocycles. The van der Waals surface area contributed by atoms with Gasteiger partial charge in [-0.2, -0.15) is 0 Å². The molecule has 4 heterocycles. The molecule has 198 valence electrons. The fourth-order valence-corrected chi connectivity index (χ4v) is 7.01. The average Bonchev–Trinajstić information content (AvgIpc) is 3.09. The van der Waals surface area contributed by atoms with Gasteiger partial charge in [0.15, 0.2) is 0 Å². The van der Waals surface area contributed by atoms with Crippen LogP contribution in [0.5, 0.6) is 0 Å². The minimum atomic E-state index is 0.0233. The summed E-state index contributed by atoms with van der Waals surface area (Å²) in [5.41, 5.74) is 4.16. The molecule has 4 fully saturated rings. The minimum absolute atomic E-state index is 0.0233. The number of hydrogen-bond donors (Lipinski definition) is 1. The SMILES string of the molecule is COC1C[C@@H]2CC[C@H]1CN2c1ccc2c(c1)N(C(=O)C1CCC(OC(C)C)CC1)Cc1cccnc1N2. The van der Waals surface area contributed by atoms with Crippen molar-refractivity contribution in [1.29, 1.82) is 0 Å². The van der Waals surface area contributed by atoms with Gasteiger partial charge < -0.3 is 24.6 Å². The quantitative estimate of drug-likeness (QED) is 0.567. The number of carbonyl (C=O) groups is 1. The molecule has 1 aromatic carbocycles. The number of carbonyl (C=O) groups excluding carboxylic acids is 1. The van der Waals surface area contributed by atoms with Crippen LogP contribution in [0.15, 0.2) is 36.5 Å². The molecule has 1 aromatic heterocycles. The van der Waals surface area contributed by atoms with Gasteiger partial charge in [-0.1, -0.05) is 6.07 Å². The van der Waals surface area contributed by atoms with E-state index in [9.17, 15) is 4.79 Å². The third-order valence-corrected chi connectivity index (χ3v) is 8.91. The van der Waals surface area contributed by atoms with Crippen molar-refractivity contribution in [1.82, 2.24) is 4.98 Å². The Balaban J connectivity index is 1.29. The van der Waals surface area contributed by atoms with Crippen molar-refractivity contribution in [3.63, 3.8) is 0 Å². The molecule has 3 aliphatic heterocycles. The Morgan fingerprint density at radius 3 is 2.68 bits per heavy atom. The van der Waals surface area contributed by atoms with Gasteiger partial charge in [0.1, 0.15) is 5.82 Å². The van der Waals surface area contributed by atoms with Crippen LogP contribution < -0.4 is 15.1 Å². The van der Waals surface area contributed by atoms with Crippen LogP contribution in [-0.4, -0.2) is 48.9 Å². The molecule has 7 heteroatoms. The maximum Gasteiger partial charge on any atom is 0.230 e. The fraction of sp³-hybridized carbons (Fsp3) is 0.600. The lowest BCUT2D eigenvalue weighted by Gasteiger charge is -2.50. The molecule has 37 heavy (non-hydrogen) atoms. The van der Waals surface area contributed by atoms with Crippen molar-refractivity contribution in [2.75, 3.05) is 28.8 Å². The predicted molar refractivity (Wildman–Crippen MR) is 146 cm³/mol. The second kappa shape index (κ2) is 10.3. The zero-order valence-electron chi connectivity index (χ0n) is 22.4. The number of rotatable bonds is 5. The standard InChI is InChI=1S/C30H40N4O3/c1-19(2)37-25-11-7-20(8-12-25)30(35)34-18-22-5-4-14-31-29(22)32-26-13-10-23(15-27(26)34)33-17-21-6-9-24(33)16-28(21)36-3/h4-5,10,13-15,19-21,24-25,28H,6-9,11-12,16-18H2,1-3H3,(H,31,32)/t20?,21-,24-,25?,28?/m0/s1. The van der Waals surface area contributed by atoms with Crippen molar-refractivity contribution < 1.29 is 14.3 Å². The molecule has 2 bridgehead atoms. The van der Waals surface area contributed by atoms with Crippen LogP contribution in [0.4, 0.5) is 22.9 Å². The van der Waals surface area contributed by atoms with Crippen LogP contribution in [0.3, 0.4) is 0 Å². The maximum absolute atomic E-state index is 14.1. The summed E-state index contributed by atoms with van der Waals surface area (Å²) in [5, 5.41) is 3.54. The summed E-state index contributed by atoms with van der Waals surface area (Å²) in [5.74, 6) is 1.65. The van der Waals surface area contributed by atoms with Gasteiger partial charge in [-0.05, 0) is 83.1 Å². The molecule has 0 spiro atoms. The molecule has 2 aliphatic carbocycles. The number of nitrogens with zero attached hydrogens (tertiary/aromatic N) is 3. The topological polar surface area (TPSA) is 66.9 Å². The normalized spacial score (nSPS) is 28.9. The van der Waals surface area contributed by atoms with Crippen LogP contribution in [0, 0.1) is 11.8 Å². The van der Waals surface area contributed by atoms with E-state index in [-0.39, 0.29) is 24.0 Å². The number of benzene rings is 1. The first-order valence-corrected chi connectivity index (χ1v) is 14.1. The molecule has 3 atom stereocenters. The summed E-state index contributed by atoms with van der Waals surface area (Å²) in [6, 6.07) is 11.1. The third-order valence-electron chi connectivity index (χ3n) is 8.91. The van der Waals surface area contributed by atoms with Gasteiger partial charge in [-0.25, -0.2) is 4.98 Å². The highest BCUT2D eigenvalue weighted by molar-refractivity contribution is 6.00. The van der Waals surface area contributed by atoms with E-state index in [1.165, 1.54) is 18.5 Å². The maximum atomic E-state index is 14.1. The van der Waals surface area contributed by atoms with Crippen LogP contribution >= 0.6 is 0 Å². The summed E-state index contributed by atoms with van der Waals surface area (Å²) in [7, 11) is 1.85. The first kappa shape index (κ1) is 24.7. The molecule has 1 N–H and O–H groups in total. The zero-order chi connectivity index (χ0) is 25.5. The van der Waals surface area contributed by atoms with Crippen LogP contribution in [-0.2, 0) is 20.8 Å². The molecular weight excluding hydrogens is 464 g/mol. The molecule has 1 unspecified atom stereocenters. The van der Waals surface area contributed by atoms with Crippen LogP contribution in [0.2, 0.25) is 0 Å². The van der Waals surface area contributed by atoms with Gasteiger partial charge in [0.05, 0.1) is 36.2 Å². The largest absolute Gasteiger partial charge is 0.381 e. The first-order chi connectivity index (χ1) is 18.0. The number of methoxy groups -OCH3 is 1. The number of aromatic nitrogens is 1. The molecule has 7 rings (SSSR count). The van der Waals surface area contributed by atoms with Crippen molar-refractivity contribution in [3.05, 3.63) is 42.1 Å². The lowest BCUT2D eigenvalue weighted by Crippen LogP contribution is -2.54. The van der Waals surface area contributed by atoms with E-state index in [1.807, 2.05) is 24.3 Å². The average molecular weight is 505 g/mol. The number of nitrogens with one attached hydrogen (secondary N) is 1. The highest BCUT2D eigenvalue weighted by Gasteiger charge is 2.41.